The van der Waals surface area contributed by atoms with Gasteiger partial charge in [0.05, 0.1) is 0 Å². The molecular weight excluding hydrogens is 324 g/mol. The van der Waals surface area contributed by atoms with Gasteiger partial charge in [0.15, 0.2) is 0 Å². The highest BCUT2D eigenvalue weighted by Crippen LogP contribution is 2.17. The van der Waals surface area contributed by atoms with Gasteiger partial charge in [-0.15, -0.1) is 0 Å². The normalized spacial score (nSPS) is 11.8. The number of halogens is 1. The minimum Gasteiger partial charge on any atom is -0.377 e. The van der Waals surface area contributed by atoms with Crippen LogP contribution in [-0.2, 0) is 26.1 Å². The number of hydrogen-bond acceptors (Lipinski definition) is 3. The highest BCUT2D eigenvalue weighted by molar-refractivity contribution is 9.09. The van der Waals surface area contributed by atoms with Crippen molar-refractivity contribution in [2.45, 2.75) is 25.3 Å². The molecule has 0 aliphatic heterocycles. The highest BCUT2D eigenvalue weighted by atomic mass is 79.9. The van der Waals surface area contributed by atoms with Crippen molar-refractivity contribution in [1.29, 1.82) is 0 Å². The molecule has 0 atom stereocenters. The third kappa shape index (κ3) is 5.36. The maximum Gasteiger partial charge on any atom is 0.500 e. The van der Waals surface area contributed by atoms with Gasteiger partial charge in [-0.05, 0) is 30.4 Å². The SMILES string of the molecule is CO[Si](CCCc1ccc(CCBr)cc1)(OC)OC. The lowest BCUT2D eigenvalue weighted by Gasteiger charge is -2.24. The summed E-state index contributed by atoms with van der Waals surface area (Å²) >= 11 is 3.46. The van der Waals surface area contributed by atoms with Crippen molar-refractivity contribution in [3.8, 4) is 0 Å². The molecule has 0 fully saturated rings. The van der Waals surface area contributed by atoms with Crippen LogP contribution in [0.15, 0.2) is 24.3 Å². The second kappa shape index (κ2) is 8.87. The molecule has 1 aromatic carbocycles. The van der Waals surface area contributed by atoms with E-state index in [0.717, 1.165) is 30.6 Å². The molecule has 0 unspecified atom stereocenters. The van der Waals surface area contributed by atoms with E-state index in [1.165, 1.54) is 11.1 Å². The second-order valence-electron chi connectivity index (χ2n) is 4.40. The smallest absolute Gasteiger partial charge is 0.377 e. The largest absolute Gasteiger partial charge is 0.500 e. The van der Waals surface area contributed by atoms with Gasteiger partial charge in [-0.3, -0.25) is 0 Å². The lowest BCUT2D eigenvalue weighted by Crippen LogP contribution is -2.42. The van der Waals surface area contributed by atoms with Gasteiger partial charge in [0, 0.05) is 32.7 Å². The predicted octanol–water partition coefficient (Wildman–Crippen LogP) is 3.43. The Morgan fingerprint density at radius 2 is 1.37 bits per heavy atom. The fourth-order valence-electron chi connectivity index (χ4n) is 2.05. The molecular formula is C14H23BrO3Si. The van der Waals surface area contributed by atoms with Crippen molar-refractivity contribution in [3.63, 3.8) is 0 Å². The van der Waals surface area contributed by atoms with Crippen molar-refractivity contribution in [1.82, 2.24) is 0 Å². The first-order valence-corrected chi connectivity index (χ1v) is 9.54. The molecule has 1 aromatic rings. The molecule has 1 rings (SSSR count). The van der Waals surface area contributed by atoms with Crippen molar-refractivity contribution in [3.05, 3.63) is 35.4 Å². The first-order chi connectivity index (χ1) is 9.19. The number of hydrogen-bond donors (Lipinski definition) is 0. The van der Waals surface area contributed by atoms with Gasteiger partial charge in [-0.1, -0.05) is 40.2 Å². The van der Waals surface area contributed by atoms with E-state index in [1.54, 1.807) is 21.3 Å². The summed E-state index contributed by atoms with van der Waals surface area (Å²) in [4.78, 5) is 0. The molecule has 5 heteroatoms. The van der Waals surface area contributed by atoms with Crippen LogP contribution in [0.2, 0.25) is 6.04 Å². The van der Waals surface area contributed by atoms with Crippen LogP contribution >= 0.6 is 15.9 Å². The van der Waals surface area contributed by atoms with Crippen molar-refractivity contribution in [2.75, 3.05) is 26.7 Å². The molecule has 0 amide bonds. The average Bonchev–Trinajstić information content (AvgIpc) is 2.46. The minimum atomic E-state index is -2.40. The summed E-state index contributed by atoms with van der Waals surface area (Å²) in [5.74, 6) is 0. The predicted molar refractivity (Wildman–Crippen MR) is 83.8 cm³/mol. The Hall–Kier alpha value is -0.203. The van der Waals surface area contributed by atoms with E-state index in [4.69, 9.17) is 13.3 Å². The minimum absolute atomic E-state index is 0.847. The molecule has 0 radical (unpaired) electrons. The first-order valence-electron chi connectivity index (χ1n) is 6.49. The lowest BCUT2D eigenvalue weighted by molar-refractivity contribution is 0.123. The topological polar surface area (TPSA) is 27.7 Å². The maximum absolute atomic E-state index is 5.41. The average molecular weight is 347 g/mol. The summed E-state index contributed by atoms with van der Waals surface area (Å²) < 4.78 is 16.2. The third-order valence-electron chi connectivity index (χ3n) is 3.29. The van der Waals surface area contributed by atoms with Crippen LogP contribution < -0.4 is 0 Å². The highest BCUT2D eigenvalue weighted by Gasteiger charge is 2.36. The molecule has 0 spiro atoms. The van der Waals surface area contributed by atoms with Crippen molar-refractivity contribution in [2.24, 2.45) is 0 Å². The molecule has 108 valence electrons. The Balaban J connectivity index is 2.44. The fraction of sp³-hybridized carbons (Fsp3) is 0.571. The summed E-state index contributed by atoms with van der Waals surface area (Å²) in [5.41, 5.74) is 2.72. The van der Waals surface area contributed by atoms with E-state index in [9.17, 15) is 0 Å². The van der Waals surface area contributed by atoms with Gasteiger partial charge >= 0.3 is 8.80 Å². The second-order valence-corrected chi connectivity index (χ2v) is 8.29. The molecule has 0 aliphatic rings. The molecule has 0 saturated heterocycles. The number of rotatable bonds is 9. The van der Waals surface area contributed by atoms with Crippen LogP contribution in [0, 0.1) is 0 Å². The van der Waals surface area contributed by atoms with Crippen LogP contribution in [0.4, 0.5) is 0 Å². The summed E-state index contributed by atoms with van der Waals surface area (Å²) in [7, 11) is 2.58. The van der Waals surface area contributed by atoms with E-state index in [-0.39, 0.29) is 0 Å². The maximum atomic E-state index is 5.41. The van der Waals surface area contributed by atoms with Gasteiger partial charge < -0.3 is 13.3 Å². The van der Waals surface area contributed by atoms with Crippen LogP contribution in [0.1, 0.15) is 17.5 Å². The monoisotopic (exact) mass is 346 g/mol. The Morgan fingerprint density at radius 3 is 1.79 bits per heavy atom. The fourth-order valence-corrected chi connectivity index (χ4v) is 4.23. The molecule has 0 N–H and O–H groups in total. The summed E-state index contributed by atoms with van der Waals surface area (Å²) in [6.07, 6.45) is 3.12. The molecule has 3 nitrogen and oxygen atoms in total. The standard InChI is InChI=1S/C14H23BrO3Si/c1-16-19(17-2,18-3)12-4-5-13-6-8-14(9-7-13)10-11-15/h6-9H,4-5,10-12H2,1-3H3. The Bertz CT molecular complexity index is 344. The zero-order chi connectivity index (χ0) is 14.1. The molecule has 0 saturated carbocycles. The van der Waals surface area contributed by atoms with Gasteiger partial charge in [-0.2, -0.15) is 0 Å². The summed E-state index contributed by atoms with van der Waals surface area (Å²) in [5, 5.41) is 1.01. The Labute approximate surface area is 125 Å². The van der Waals surface area contributed by atoms with Gasteiger partial charge in [-0.25, -0.2) is 0 Å². The first kappa shape index (κ1) is 16.9. The summed E-state index contributed by atoms with van der Waals surface area (Å²) in [6.45, 7) is 0. The Kier molecular flexibility index (Phi) is 7.86. The van der Waals surface area contributed by atoms with Crippen molar-refractivity contribution < 1.29 is 13.3 Å². The number of aryl methyl sites for hydroxylation is 2. The lowest BCUT2D eigenvalue weighted by atomic mass is 10.1. The van der Waals surface area contributed by atoms with Crippen molar-refractivity contribution >= 4 is 24.7 Å². The van der Waals surface area contributed by atoms with Crippen LogP contribution in [-0.4, -0.2) is 35.5 Å². The molecule has 0 aromatic heterocycles. The van der Waals surface area contributed by atoms with E-state index in [0.29, 0.717) is 0 Å². The molecule has 0 bridgehead atoms. The van der Waals surface area contributed by atoms with Gasteiger partial charge in [0.25, 0.3) is 0 Å². The van der Waals surface area contributed by atoms with Gasteiger partial charge in [0.2, 0.25) is 0 Å². The van der Waals surface area contributed by atoms with Crippen LogP contribution in [0.25, 0.3) is 0 Å². The zero-order valence-corrected chi connectivity index (χ0v) is 14.5. The molecule has 0 heterocycles. The van der Waals surface area contributed by atoms with E-state index < -0.39 is 8.80 Å². The zero-order valence-electron chi connectivity index (χ0n) is 11.9. The van der Waals surface area contributed by atoms with E-state index in [2.05, 4.69) is 40.2 Å². The van der Waals surface area contributed by atoms with E-state index in [1.807, 2.05) is 0 Å². The van der Waals surface area contributed by atoms with Crippen LogP contribution in [0.5, 0.6) is 0 Å². The molecule has 0 aliphatic carbocycles. The third-order valence-corrected chi connectivity index (χ3v) is 6.52. The van der Waals surface area contributed by atoms with Crippen LogP contribution in [0.3, 0.4) is 0 Å². The summed E-state index contributed by atoms with van der Waals surface area (Å²) in [6, 6.07) is 9.65. The van der Waals surface area contributed by atoms with Gasteiger partial charge in [0.1, 0.15) is 0 Å². The quantitative estimate of drug-likeness (QED) is 0.506. The number of alkyl halides is 1. The number of benzene rings is 1. The van der Waals surface area contributed by atoms with E-state index >= 15 is 0 Å². The Morgan fingerprint density at radius 1 is 0.895 bits per heavy atom. The molecule has 19 heavy (non-hydrogen) atoms.